The first kappa shape index (κ1) is 31.7. The van der Waals surface area contributed by atoms with Gasteiger partial charge in [0.2, 0.25) is 11.9 Å². The number of piperidine rings is 1. The summed E-state index contributed by atoms with van der Waals surface area (Å²) < 4.78 is 26.1. The molecule has 3 saturated heterocycles. The topological polar surface area (TPSA) is 71.1 Å². The van der Waals surface area contributed by atoms with Crippen molar-refractivity contribution in [1.29, 1.82) is 0 Å². The molecule has 5 rings (SSSR count). The van der Waals surface area contributed by atoms with Crippen LogP contribution in [0.5, 0.6) is 0 Å². The van der Waals surface area contributed by atoms with Gasteiger partial charge in [0, 0.05) is 44.8 Å². The Hall–Kier alpha value is -2.74. The van der Waals surface area contributed by atoms with E-state index in [9.17, 15) is 9.59 Å². The monoisotopic (exact) mass is 592 g/mol. The van der Waals surface area contributed by atoms with Gasteiger partial charge in [-0.05, 0) is 37.3 Å². The fourth-order valence-electron chi connectivity index (χ4n) is 7.70. The number of esters is 2. The summed E-state index contributed by atoms with van der Waals surface area (Å²) in [4.78, 5) is 28.1. The highest BCUT2D eigenvalue weighted by Gasteiger charge is 2.53. The molecule has 0 radical (unpaired) electrons. The molecule has 0 amide bonds. The molecule has 7 nitrogen and oxygen atoms in total. The van der Waals surface area contributed by atoms with Crippen LogP contribution in [0.3, 0.4) is 0 Å². The number of hydrogen-bond donors (Lipinski definition) is 0. The number of rotatable bonds is 10. The van der Waals surface area contributed by atoms with Gasteiger partial charge in [-0.2, -0.15) is 0 Å². The Morgan fingerprint density at radius 3 is 2.05 bits per heavy atom. The van der Waals surface area contributed by atoms with Crippen molar-refractivity contribution in [2.24, 2.45) is 11.8 Å². The third-order valence-electron chi connectivity index (χ3n) is 10.2. The standard InChI is InChI=1S/C36H50NO6/c1-5-31-25-32(24-27(4)37(31)20-12-13-21-37)41-35(39)36(29-14-8-6-9-15-29,30-16-10-7-11-17-30)43-34(26(2)3)42-33(38)28-18-22-40-23-19-28/h6-11,14-17,26-28,31-32,34H,5,12-13,18-25H2,1-4H3/q+1. The first-order valence-electron chi connectivity index (χ1n) is 16.4. The molecule has 0 N–H and O–H groups in total. The van der Waals surface area contributed by atoms with Gasteiger partial charge < -0.3 is 23.4 Å². The molecule has 0 saturated carbocycles. The molecular weight excluding hydrogens is 542 g/mol. The zero-order valence-corrected chi connectivity index (χ0v) is 26.4. The molecule has 7 heteroatoms. The molecule has 2 aromatic rings. The third-order valence-corrected chi connectivity index (χ3v) is 10.2. The zero-order chi connectivity index (χ0) is 30.5. The number of carbonyl (C=O) groups is 2. The van der Waals surface area contributed by atoms with E-state index in [1.807, 2.05) is 74.5 Å². The van der Waals surface area contributed by atoms with Gasteiger partial charge >= 0.3 is 11.9 Å². The van der Waals surface area contributed by atoms with Crippen molar-refractivity contribution in [2.45, 2.75) is 103 Å². The lowest BCUT2D eigenvalue weighted by atomic mass is 9.85. The highest BCUT2D eigenvalue weighted by atomic mass is 16.7. The molecule has 3 heterocycles. The minimum absolute atomic E-state index is 0.206. The van der Waals surface area contributed by atoms with E-state index in [0.717, 1.165) is 23.7 Å². The molecule has 0 aromatic heterocycles. The van der Waals surface area contributed by atoms with Gasteiger partial charge in [0.1, 0.15) is 6.10 Å². The number of quaternary nitrogens is 1. The summed E-state index contributed by atoms with van der Waals surface area (Å²) in [7, 11) is 0. The van der Waals surface area contributed by atoms with Crippen molar-refractivity contribution in [3.05, 3.63) is 71.8 Å². The quantitative estimate of drug-likeness (QED) is 0.181. The lowest BCUT2D eigenvalue weighted by Crippen LogP contribution is -2.63. The highest BCUT2D eigenvalue weighted by Crippen LogP contribution is 2.42. The molecule has 234 valence electrons. The van der Waals surface area contributed by atoms with E-state index in [0.29, 0.717) is 49.3 Å². The van der Waals surface area contributed by atoms with Gasteiger partial charge in [-0.1, -0.05) is 81.4 Å². The molecule has 3 aliphatic heterocycles. The van der Waals surface area contributed by atoms with Crippen molar-refractivity contribution in [1.82, 2.24) is 0 Å². The SMILES string of the molecule is CCC1CC(OC(=O)C(OC(OC(=O)C2CCOCC2)C(C)C)(c2ccccc2)c2ccccc2)CC(C)[N+]12CCCC2. The lowest BCUT2D eigenvalue weighted by molar-refractivity contribution is -0.967. The average Bonchev–Trinajstić information content (AvgIpc) is 3.53. The first-order valence-corrected chi connectivity index (χ1v) is 16.4. The third kappa shape index (κ3) is 6.54. The first-order chi connectivity index (χ1) is 20.8. The fourth-order valence-corrected chi connectivity index (χ4v) is 7.70. The molecule has 4 atom stereocenters. The second-order valence-corrected chi connectivity index (χ2v) is 13.1. The number of ether oxygens (including phenoxy) is 4. The Balaban J connectivity index is 1.49. The fraction of sp³-hybridized carbons (Fsp3) is 0.611. The van der Waals surface area contributed by atoms with Crippen LogP contribution in [-0.2, 0) is 34.1 Å². The van der Waals surface area contributed by atoms with Crippen LogP contribution in [-0.4, -0.2) is 67.2 Å². The molecule has 3 fully saturated rings. The van der Waals surface area contributed by atoms with Crippen LogP contribution >= 0.6 is 0 Å². The Morgan fingerprint density at radius 2 is 1.51 bits per heavy atom. The molecule has 1 spiro atoms. The van der Waals surface area contributed by atoms with Crippen LogP contribution in [0.25, 0.3) is 0 Å². The van der Waals surface area contributed by atoms with E-state index in [1.54, 1.807) is 0 Å². The predicted octanol–water partition coefficient (Wildman–Crippen LogP) is 6.38. The summed E-state index contributed by atoms with van der Waals surface area (Å²) in [5.74, 6) is -1.22. The lowest BCUT2D eigenvalue weighted by Gasteiger charge is -2.51. The van der Waals surface area contributed by atoms with Gasteiger partial charge in [0.05, 0.1) is 31.1 Å². The maximum atomic E-state index is 14.8. The van der Waals surface area contributed by atoms with Crippen molar-refractivity contribution >= 4 is 11.9 Å². The van der Waals surface area contributed by atoms with E-state index >= 15 is 0 Å². The van der Waals surface area contributed by atoms with Crippen molar-refractivity contribution in [3.63, 3.8) is 0 Å². The van der Waals surface area contributed by atoms with Gasteiger partial charge in [-0.3, -0.25) is 4.79 Å². The normalized spacial score (nSPS) is 25.0. The molecule has 43 heavy (non-hydrogen) atoms. The minimum atomic E-state index is -1.62. The van der Waals surface area contributed by atoms with Crippen molar-refractivity contribution < 1.29 is 33.0 Å². The van der Waals surface area contributed by atoms with E-state index in [-0.39, 0.29) is 23.9 Å². The second kappa shape index (κ2) is 13.9. The molecule has 4 unspecified atom stereocenters. The van der Waals surface area contributed by atoms with Gasteiger partial charge in [-0.15, -0.1) is 0 Å². The molecule has 3 aliphatic rings. The average molecular weight is 593 g/mol. The van der Waals surface area contributed by atoms with E-state index in [1.165, 1.54) is 25.9 Å². The van der Waals surface area contributed by atoms with Gasteiger partial charge in [0.15, 0.2) is 0 Å². The van der Waals surface area contributed by atoms with Crippen LogP contribution < -0.4 is 0 Å². The van der Waals surface area contributed by atoms with E-state index in [4.69, 9.17) is 18.9 Å². The summed E-state index contributed by atoms with van der Waals surface area (Å²) in [5, 5.41) is 0. The van der Waals surface area contributed by atoms with Crippen LogP contribution in [0.15, 0.2) is 60.7 Å². The Bertz CT molecular complexity index is 1150. The molecule has 2 aromatic carbocycles. The summed E-state index contributed by atoms with van der Waals surface area (Å²) in [6, 6.07) is 19.9. The Labute approximate surface area is 257 Å². The van der Waals surface area contributed by atoms with E-state index in [2.05, 4.69) is 13.8 Å². The predicted molar refractivity (Wildman–Crippen MR) is 165 cm³/mol. The van der Waals surface area contributed by atoms with Crippen LogP contribution in [0.1, 0.15) is 83.8 Å². The molecular formula is C36H50NO6+. The maximum Gasteiger partial charge on any atom is 0.348 e. The number of hydrogen-bond acceptors (Lipinski definition) is 6. The van der Waals surface area contributed by atoms with Gasteiger partial charge in [0.25, 0.3) is 0 Å². The smallest absolute Gasteiger partial charge is 0.348 e. The van der Waals surface area contributed by atoms with Crippen molar-refractivity contribution in [2.75, 3.05) is 26.3 Å². The van der Waals surface area contributed by atoms with E-state index < -0.39 is 17.9 Å². The zero-order valence-electron chi connectivity index (χ0n) is 26.4. The summed E-state index contributed by atoms with van der Waals surface area (Å²) in [5.41, 5.74) is -0.314. The second-order valence-electron chi connectivity index (χ2n) is 13.1. The van der Waals surface area contributed by atoms with Crippen molar-refractivity contribution in [3.8, 4) is 0 Å². The summed E-state index contributed by atoms with van der Waals surface area (Å²) in [6.07, 6.45) is 5.34. The van der Waals surface area contributed by atoms with Crippen LogP contribution in [0.2, 0.25) is 0 Å². The van der Waals surface area contributed by atoms with Crippen LogP contribution in [0.4, 0.5) is 0 Å². The molecule has 0 aliphatic carbocycles. The summed E-state index contributed by atoms with van der Waals surface area (Å²) >= 11 is 0. The summed E-state index contributed by atoms with van der Waals surface area (Å²) in [6.45, 7) is 12.0. The minimum Gasteiger partial charge on any atom is -0.459 e. The number of benzene rings is 2. The highest BCUT2D eigenvalue weighted by molar-refractivity contribution is 5.86. The maximum absolute atomic E-state index is 14.8. The molecule has 0 bridgehead atoms. The van der Waals surface area contributed by atoms with Crippen LogP contribution in [0, 0.1) is 11.8 Å². The number of nitrogens with zero attached hydrogens (tertiary/aromatic N) is 1. The number of carbonyl (C=O) groups excluding carboxylic acids is 2. The van der Waals surface area contributed by atoms with Gasteiger partial charge in [-0.25, -0.2) is 4.79 Å². The largest absolute Gasteiger partial charge is 0.459 e. The Kier molecular flexibility index (Phi) is 10.3. The Morgan fingerprint density at radius 1 is 0.930 bits per heavy atom.